The van der Waals surface area contributed by atoms with Crippen LogP contribution in [0.15, 0.2) is 0 Å². The molecule has 0 aromatic carbocycles. The highest BCUT2D eigenvalue weighted by atomic mass is 32.1. The summed E-state index contributed by atoms with van der Waals surface area (Å²) in [6.45, 7) is 5.68. The number of nitrogens with zero attached hydrogens (tertiary/aromatic N) is 2. The molecule has 0 unspecified atom stereocenters. The van der Waals surface area contributed by atoms with E-state index in [1.54, 1.807) is 7.11 Å². The molecule has 0 aliphatic heterocycles. The lowest BCUT2D eigenvalue weighted by atomic mass is 10.1. The van der Waals surface area contributed by atoms with Gasteiger partial charge in [0.2, 0.25) is 0 Å². The van der Waals surface area contributed by atoms with Crippen LogP contribution in [0.1, 0.15) is 60.8 Å². The van der Waals surface area contributed by atoms with Gasteiger partial charge in [0.15, 0.2) is 5.13 Å². The average Bonchev–Trinajstić information content (AvgIpc) is 3.22. The summed E-state index contributed by atoms with van der Waals surface area (Å²) in [6.07, 6.45) is 4.15. The van der Waals surface area contributed by atoms with Crippen molar-refractivity contribution in [3.8, 4) is 0 Å². The Morgan fingerprint density at radius 3 is 2.62 bits per heavy atom. The molecule has 1 saturated carbocycles. The third kappa shape index (κ3) is 3.74. The van der Waals surface area contributed by atoms with Crippen LogP contribution in [0, 0.1) is 0 Å². The number of thiazole rings is 1. The molecule has 6 heteroatoms. The van der Waals surface area contributed by atoms with E-state index in [4.69, 9.17) is 4.74 Å². The lowest BCUT2D eigenvalue weighted by molar-refractivity contribution is 0.0700. The van der Waals surface area contributed by atoms with E-state index in [0.717, 1.165) is 43.1 Å². The molecule has 118 valence electrons. The minimum atomic E-state index is -0.850. The Morgan fingerprint density at radius 2 is 2.14 bits per heavy atom. The number of ether oxygens (including phenoxy) is 1. The van der Waals surface area contributed by atoms with Crippen molar-refractivity contribution in [2.45, 2.75) is 51.5 Å². The fourth-order valence-corrected chi connectivity index (χ4v) is 3.67. The first-order valence-electron chi connectivity index (χ1n) is 7.61. The first kappa shape index (κ1) is 16.2. The van der Waals surface area contributed by atoms with Crippen LogP contribution in [0.4, 0.5) is 5.13 Å². The number of rotatable bonds is 9. The molecule has 1 aliphatic rings. The number of carboxylic acid groups (broad SMARTS) is 1. The van der Waals surface area contributed by atoms with E-state index in [2.05, 4.69) is 23.7 Å². The summed E-state index contributed by atoms with van der Waals surface area (Å²) in [4.78, 5) is 18.7. The normalized spacial score (nSPS) is 14.7. The third-order valence-corrected chi connectivity index (χ3v) is 5.06. The smallest absolute Gasteiger partial charge is 0.347 e. The molecule has 0 saturated heterocycles. The van der Waals surface area contributed by atoms with Crippen molar-refractivity contribution in [1.29, 1.82) is 0 Å². The monoisotopic (exact) mass is 312 g/mol. The lowest BCUT2D eigenvalue weighted by Gasteiger charge is -2.29. The van der Waals surface area contributed by atoms with Crippen LogP contribution in [0.25, 0.3) is 0 Å². The lowest BCUT2D eigenvalue weighted by Crippen LogP contribution is -2.37. The van der Waals surface area contributed by atoms with Gasteiger partial charge in [-0.3, -0.25) is 0 Å². The SMILES string of the molecule is CCC(CC)N(CCOC)c1nc(C2CC2)c(C(=O)O)s1. The molecule has 1 fully saturated rings. The van der Waals surface area contributed by atoms with E-state index >= 15 is 0 Å². The standard InChI is InChI=1S/C15H24N2O3S/c1-4-11(5-2)17(8-9-20-3)15-16-12(10-6-7-10)13(21-15)14(18)19/h10-11H,4-9H2,1-3H3,(H,18,19). The van der Waals surface area contributed by atoms with Gasteiger partial charge in [0.05, 0.1) is 12.3 Å². The van der Waals surface area contributed by atoms with Crippen LogP contribution < -0.4 is 4.90 Å². The fourth-order valence-electron chi connectivity index (χ4n) is 2.58. The van der Waals surface area contributed by atoms with E-state index in [0.29, 0.717) is 23.4 Å². The molecule has 1 aromatic heterocycles. The van der Waals surface area contributed by atoms with Crippen molar-refractivity contribution in [3.05, 3.63) is 10.6 Å². The number of aromatic carboxylic acids is 1. The zero-order chi connectivity index (χ0) is 15.4. The number of hydrogen-bond acceptors (Lipinski definition) is 5. The van der Waals surface area contributed by atoms with Gasteiger partial charge in [-0.2, -0.15) is 0 Å². The summed E-state index contributed by atoms with van der Waals surface area (Å²) in [5, 5.41) is 10.2. The van der Waals surface area contributed by atoms with Gasteiger partial charge in [0.25, 0.3) is 0 Å². The number of aromatic nitrogens is 1. The average molecular weight is 312 g/mol. The highest BCUT2D eigenvalue weighted by molar-refractivity contribution is 7.17. The molecule has 1 heterocycles. The molecular formula is C15H24N2O3S. The first-order chi connectivity index (χ1) is 10.1. The second kappa shape index (κ2) is 7.22. The van der Waals surface area contributed by atoms with Crippen LogP contribution in [0.2, 0.25) is 0 Å². The Balaban J connectivity index is 2.30. The number of hydrogen-bond donors (Lipinski definition) is 1. The van der Waals surface area contributed by atoms with Crippen molar-refractivity contribution in [2.24, 2.45) is 0 Å². The second-order valence-corrected chi connectivity index (χ2v) is 6.42. The largest absolute Gasteiger partial charge is 0.477 e. The summed E-state index contributed by atoms with van der Waals surface area (Å²) >= 11 is 1.31. The van der Waals surface area contributed by atoms with Gasteiger partial charge in [-0.25, -0.2) is 9.78 Å². The summed E-state index contributed by atoms with van der Waals surface area (Å²) in [6, 6.07) is 0.375. The summed E-state index contributed by atoms with van der Waals surface area (Å²) < 4.78 is 5.20. The summed E-state index contributed by atoms with van der Waals surface area (Å²) in [5.41, 5.74) is 0.788. The number of carbonyl (C=O) groups is 1. The summed E-state index contributed by atoms with van der Waals surface area (Å²) in [7, 11) is 1.69. The molecule has 1 aromatic rings. The predicted molar refractivity (Wildman–Crippen MR) is 84.6 cm³/mol. The van der Waals surface area contributed by atoms with Gasteiger partial charge in [-0.05, 0) is 25.7 Å². The quantitative estimate of drug-likeness (QED) is 0.757. The third-order valence-electron chi connectivity index (χ3n) is 3.97. The molecule has 0 atom stereocenters. The minimum Gasteiger partial charge on any atom is -0.477 e. The van der Waals surface area contributed by atoms with Crippen molar-refractivity contribution in [3.63, 3.8) is 0 Å². The number of anilines is 1. The van der Waals surface area contributed by atoms with Gasteiger partial charge in [-0.1, -0.05) is 25.2 Å². The maximum atomic E-state index is 11.4. The van der Waals surface area contributed by atoms with Crippen molar-refractivity contribution < 1.29 is 14.6 Å². The maximum Gasteiger partial charge on any atom is 0.347 e. The molecule has 1 aliphatic carbocycles. The number of carboxylic acids is 1. The molecular weight excluding hydrogens is 288 g/mol. The highest BCUT2D eigenvalue weighted by Gasteiger charge is 2.33. The zero-order valence-corrected chi connectivity index (χ0v) is 13.8. The maximum absolute atomic E-state index is 11.4. The minimum absolute atomic E-state index is 0.354. The molecule has 0 radical (unpaired) electrons. The van der Waals surface area contributed by atoms with Crippen molar-refractivity contribution >= 4 is 22.4 Å². The molecule has 2 rings (SSSR count). The molecule has 1 N–H and O–H groups in total. The Bertz CT molecular complexity index is 481. The van der Waals surface area contributed by atoms with Gasteiger partial charge in [0.1, 0.15) is 4.88 Å². The van der Waals surface area contributed by atoms with Crippen LogP contribution in [-0.4, -0.2) is 42.4 Å². The van der Waals surface area contributed by atoms with E-state index in [1.807, 2.05) is 0 Å². The summed E-state index contributed by atoms with van der Waals surface area (Å²) in [5.74, 6) is -0.496. The van der Waals surface area contributed by atoms with Crippen molar-refractivity contribution in [2.75, 3.05) is 25.2 Å². The van der Waals surface area contributed by atoms with E-state index in [9.17, 15) is 9.90 Å². The van der Waals surface area contributed by atoms with Crippen LogP contribution >= 0.6 is 11.3 Å². The van der Waals surface area contributed by atoms with Gasteiger partial charge in [0, 0.05) is 25.6 Å². The van der Waals surface area contributed by atoms with Gasteiger partial charge < -0.3 is 14.7 Å². The molecule has 5 nitrogen and oxygen atoms in total. The van der Waals surface area contributed by atoms with Crippen LogP contribution in [0.5, 0.6) is 0 Å². The molecule has 0 spiro atoms. The Hall–Kier alpha value is -1.14. The predicted octanol–water partition coefficient (Wildman–Crippen LogP) is 3.36. The Kier molecular flexibility index (Phi) is 5.58. The van der Waals surface area contributed by atoms with E-state index < -0.39 is 5.97 Å². The van der Waals surface area contributed by atoms with Crippen molar-refractivity contribution in [1.82, 2.24) is 4.98 Å². The molecule has 0 amide bonds. The second-order valence-electron chi connectivity index (χ2n) is 5.45. The zero-order valence-electron chi connectivity index (χ0n) is 13.0. The first-order valence-corrected chi connectivity index (χ1v) is 8.43. The highest BCUT2D eigenvalue weighted by Crippen LogP contribution is 2.44. The fraction of sp³-hybridized carbons (Fsp3) is 0.733. The van der Waals surface area contributed by atoms with Gasteiger partial charge in [-0.15, -0.1) is 0 Å². The molecule has 0 bridgehead atoms. The Morgan fingerprint density at radius 1 is 1.48 bits per heavy atom. The number of methoxy groups -OCH3 is 1. The topological polar surface area (TPSA) is 62.7 Å². The Labute approximate surface area is 129 Å². The van der Waals surface area contributed by atoms with E-state index in [-0.39, 0.29) is 0 Å². The molecule has 21 heavy (non-hydrogen) atoms. The van der Waals surface area contributed by atoms with Gasteiger partial charge >= 0.3 is 5.97 Å². The van der Waals surface area contributed by atoms with E-state index in [1.165, 1.54) is 11.3 Å². The van der Waals surface area contributed by atoms with Crippen LogP contribution in [0.3, 0.4) is 0 Å². The van der Waals surface area contributed by atoms with Crippen LogP contribution in [-0.2, 0) is 4.74 Å².